The van der Waals surface area contributed by atoms with Crippen LogP contribution in [0.4, 0.5) is 0 Å². The van der Waals surface area contributed by atoms with Crippen LogP contribution in [0, 0.1) is 0 Å². The van der Waals surface area contributed by atoms with E-state index in [4.69, 9.17) is 4.74 Å². The van der Waals surface area contributed by atoms with Crippen LogP contribution in [-0.4, -0.2) is 10.9 Å². The van der Waals surface area contributed by atoms with Crippen molar-refractivity contribution >= 4 is 0 Å². The topological polar surface area (TPSA) is 29.5 Å². The van der Waals surface area contributed by atoms with E-state index in [9.17, 15) is 5.11 Å². The van der Waals surface area contributed by atoms with Gasteiger partial charge < -0.3 is 9.84 Å². The molecule has 0 saturated carbocycles. The first-order chi connectivity index (χ1) is 9.70. The first-order valence-corrected chi connectivity index (χ1v) is 7.18. The van der Waals surface area contributed by atoms with Crippen molar-refractivity contribution in [2.45, 2.75) is 45.8 Å². The molecule has 114 valence electrons. The summed E-state index contributed by atoms with van der Waals surface area (Å²) in [6.07, 6.45) is 7.91. The molecule has 0 aliphatic carbocycles. The highest BCUT2D eigenvalue weighted by Crippen LogP contribution is 2.33. The number of rotatable bonds is 6. The van der Waals surface area contributed by atoms with E-state index in [0.29, 0.717) is 5.75 Å². The molecule has 0 aliphatic heterocycles. The van der Waals surface area contributed by atoms with Gasteiger partial charge in [-0.25, -0.2) is 0 Å². The molecule has 0 amide bonds. The molecule has 0 saturated heterocycles. The van der Waals surface area contributed by atoms with Gasteiger partial charge in [-0.1, -0.05) is 56.9 Å². The van der Waals surface area contributed by atoms with Gasteiger partial charge in [0, 0.05) is 19.3 Å². The van der Waals surface area contributed by atoms with Gasteiger partial charge in [0.05, 0.1) is 0 Å². The van der Waals surface area contributed by atoms with E-state index in [1.807, 2.05) is 37.3 Å². The standard InChI is InChI=1S/C19H26O2/c1-7-9-10-15(8-2)18(3,4)16-11-13-17(14-12-16)21-19(5,6)20/h7-14,20H,1H2,2-6H3/b10-9-,15-8+. The number of aliphatic hydroxyl groups is 1. The van der Waals surface area contributed by atoms with Gasteiger partial charge in [0.2, 0.25) is 5.79 Å². The highest BCUT2D eigenvalue weighted by atomic mass is 16.6. The summed E-state index contributed by atoms with van der Waals surface area (Å²) in [5.74, 6) is -0.510. The van der Waals surface area contributed by atoms with E-state index < -0.39 is 5.79 Å². The molecular weight excluding hydrogens is 260 g/mol. The molecule has 2 heteroatoms. The molecule has 1 aromatic rings. The van der Waals surface area contributed by atoms with E-state index >= 15 is 0 Å². The van der Waals surface area contributed by atoms with Crippen molar-refractivity contribution in [1.82, 2.24) is 0 Å². The maximum atomic E-state index is 9.67. The molecule has 1 aromatic carbocycles. The van der Waals surface area contributed by atoms with Crippen molar-refractivity contribution in [2.75, 3.05) is 0 Å². The molecule has 0 fully saturated rings. The quantitative estimate of drug-likeness (QED) is 0.603. The number of ether oxygens (including phenoxy) is 1. The molecule has 21 heavy (non-hydrogen) atoms. The van der Waals surface area contributed by atoms with Gasteiger partial charge >= 0.3 is 0 Å². The summed E-state index contributed by atoms with van der Waals surface area (Å²) in [6.45, 7) is 13.3. The van der Waals surface area contributed by atoms with Crippen molar-refractivity contribution in [3.63, 3.8) is 0 Å². The Morgan fingerprint density at radius 3 is 2.14 bits per heavy atom. The number of benzene rings is 1. The molecule has 1 rings (SSSR count). The van der Waals surface area contributed by atoms with E-state index in [2.05, 4.69) is 32.6 Å². The Morgan fingerprint density at radius 2 is 1.71 bits per heavy atom. The lowest BCUT2D eigenvalue weighted by atomic mass is 9.77. The number of hydrogen-bond donors (Lipinski definition) is 1. The molecule has 0 unspecified atom stereocenters. The van der Waals surface area contributed by atoms with Crippen LogP contribution in [0.1, 0.15) is 40.2 Å². The van der Waals surface area contributed by atoms with Crippen LogP contribution in [-0.2, 0) is 5.41 Å². The zero-order valence-corrected chi connectivity index (χ0v) is 13.7. The zero-order valence-electron chi connectivity index (χ0n) is 13.7. The minimum Gasteiger partial charge on any atom is -0.463 e. The fourth-order valence-corrected chi connectivity index (χ4v) is 2.23. The van der Waals surface area contributed by atoms with E-state index in [1.165, 1.54) is 11.1 Å². The van der Waals surface area contributed by atoms with Gasteiger partial charge in [-0.3, -0.25) is 0 Å². The predicted molar refractivity (Wildman–Crippen MR) is 89.5 cm³/mol. The summed E-state index contributed by atoms with van der Waals surface area (Å²) in [7, 11) is 0. The summed E-state index contributed by atoms with van der Waals surface area (Å²) >= 11 is 0. The smallest absolute Gasteiger partial charge is 0.202 e. The average molecular weight is 286 g/mol. The van der Waals surface area contributed by atoms with Gasteiger partial charge in [-0.15, -0.1) is 0 Å². The molecule has 2 nitrogen and oxygen atoms in total. The Hall–Kier alpha value is -1.80. The van der Waals surface area contributed by atoms with Crippen molar-refractivity contribution in [3.8, 4) is 5.75 Å². The van der Waals surface area contributed by atoms with E-state index in [0.717, 1.165) is 0 Å². The third-order valence-electron chi connectivity index (χ3n) is 3.39. The molecule has 1 N–H and O–H groups in total. The van der Waals surface area contributed by atoms with Crippen LogP contribution in [0.2, 0.25) is 0 Å². The third kappa shape index (κ3) is 4.91. The second-order valence-corrected chi connectivity index (χ2v) is 6.04. The third-order valence-corrected chi connectivity index (χ3v) is 3.39. The van der Waals surface area contributed by atoms with Gasteiger partial charge in [0.15, 0.2) is 0 Å². The second-order valence-electron chi connectivity index (χ2n) is 6.04. The van der Waals surface area contributed by atoms with Crippen LogP contribution < -0.4 is 4.74 Å². The van der Waals surface area contributed by atoms with Gasteiger partial charge in [0.25, 0.3) is 0 Å². The first-order valence-electron chi connectivity index (χ1n) is 7.18. The maximum Gasteiger partial charge on any atom is 0.202 e. The highest BCUT2D eigenvalue weighted by molar-refractivity contribution is 5.42. The molecule has 0 bridgehead atoms. The molecule has 0 atom stereocenters. The summed E-state index contributed by atoms with van der Waals surface area (Å²) in [5, 5.41) is 9.67. The Labute approximate surface area is 128 Å². The second kappa shape index (κ2) is 6.77. The Kier molecular flexibility index (Phi) is 5.56. The van der Waals surface area contributed by atoms with Crippen LogP contribution in [0.3, 0.4) is 0 Å². The Bertz CT molecular complexity index is 526. The summed E-state index contributed by atoms with van der Waals surface area (Å²) in [5.41, 5.74) is 2.30. The largest absolute Gasteiger partial charge is 0.463 e. The van der Waals surface area contributed by atoms with Gasteiger partial charge in [0.1, 0.15) is 5.75 Å². The predicted octanol–water partition coefficient (Wildman–Crippen LogP) is 4.76. The van der Waals surface area contributed by atoms with Crippen LogP contribution >= 0.6 is 0 Å². The Balaban J connectivity index is 3.04. The minimum absolute atomic E-state index is 0.110. The summed E-state index contributed by atoms with van der Waals surface area (Å²) in [6, 6.07) is 7.84. The average Bonchev–Trinajstić information content (AvgIpc) is 2.38. The van der Waals surface area contributed by atoms with Crippen LogP contribution in [0.5, 0.6) is 5.75 Å². The van der Waals surface area contributed by atoms with E-state index in [1.54, 1.807) is 19.9 Å². The Morgan fingerprint density at radius 1 is 1.14 bits per heavy atom. The van der Waals surface area contributed by atoms with Crippen molar-refractivity contribution in [3.05, 3.63) is 66.3 Å². The molecule has 0 heterocycles. The summed E-state index contributed by atoms with van der Waals surface area (Å²) in [4.78, 5) is 0. The normalized spacial score (nSPS) is 13.5. The SMILES string of the molecule is C=C/C=C\C(=C/C)C(C)(C)c1ccc(OC(C)(C)O)cc1. The van der Waals surface area contributed by atoms with Gasteiger partial charge in [-0.2, -0.15) is 0 Å². The van der Waals surface area contributed by atoms with Gasteiger partial charge in [-0.05, 0) is 30.2 Å². The monoisotopic (exact) mass is 286 g/mol. The lowest BCUT2D eigenvalue weighted by Gasteiger charge is -2.28. The van der Waals surface area contributed by atoms with Crippen LogP contribution in [0.15, 0.2) is 60.7 Å². The van der Waals surface area contributed by atoms with E-state index in [-0.39, 0.29) is 5.41 Å². The maximum absolute atomic E-state index is 9.67. The molecule has 0 aromatic heterocycles. The molecule has 0 radical (unpaired) electrons. The minimum atomic E-state index is -1.17. The summed E-state index contributed by atoms with van der Waals surface area (Å²) < 4.78 is 5.43. The zero-order chi connectivity index (χ0) is 16.1. The van der Waals surface area contributed by atoms with Crippen molar-refractivity contribution in [2.24, 2.45) is 0 Å². The highest BCUT2D eigenvalue weighted by Gasteiger charge is 2.23. The first kappa shape index (κ1) is 17.3. The molecule has 0 spiro atoms. The molecular formula is C19H26O2. The van der Waals surface area contributed by atoms with Crippen molar-refractivity contribution in [1.29, 1.82) is 0 Å². The number of hydrogen-bond acceptors (Lipinski definition) is 2. The van der Waals surface area contributed by atoms with Crippen LogP contribution in [0.25, 0.3) is 0 Å². The fourth-order valence-electron chi connectivity index (χ4n) is 2.23. The fraction of sp³-hybridized carbons (Fsp3) is 0.368. The molecule has 0 aliphatic rings. The lowest BCUT2D eigenvalue weighted by molar-refractivity contribution is -0.104. The number of allylic oxidation sites excluding steroid dienone is 5. The van der Waals surface area contributed by atoms with Crippen molar-refractivity contribution < 1.29 is 9.84 Å². The lowest BCUT2D eigenvalue weighted by Crippen LogP contribution is -2.27.